The Morgan fingerprint density at radius 2 is 0.931 bits per heavy atom. The molecule has 0 saturated carbocycles. The van der Waals surface area contributed by atoms with Crippen molar-refractivity contribution in [1.82, 2.24) is 0 Å². The summed E-state index contributed by atoms with van der Waals surface area (Å²) in [7, 11) is 0. The fourth-order valence-corrected chi connectivity index (χ4v) is 11.4. The summed E-state index contributed by atoms with van der Waals surface area (Å²) in [5.41, 5.74) is 24.6. The molecule has 12 rings (SSSR count). The van der Waals surface area contributed by atoms with Crippen LogP contribution in [0.1, 0.15) is 112 Å². The highest BCUT2D eigenvalue weighted by Crippen LogP contribution is 2.67. The smallest absolute Gasteiger partial charge is 0.0545 e. The predicted molar refractivity (Wildman–Crippen MR) is 244 cm³/mol. The Labute approximate surface area is 343 Å². The first-order valence-corrected chi connectivity index (χ1v) is 21.3. The number of anilines is 7. The first-order valence-electron chi connectivity index (χ1n) is 21.3. The van der Waals surface area contributed by atoms with Gasteiger partial charge in [0.2, 0.25) is 0 Å². The molecule has 58 heavy (non-hydrogen) atoms. The monoisotopic (exact) mass is 751 g/mol. The van der Waals surface area contributed by atoms with E-state index in [1.807, 2.05) is 0 Å². The van der Waals surface area contributed by atoms with Crippen molar-refractivity contribution in [2.24, 2.45) is 0 Å². The van der Waals surface area contributed by atoms with E-state index in [1.54, 1.807) is 0 Å². The number of hydrogen-bond donors (Lipinski definition) is 0. The Morgan fingerprint density at radius 1 is 0.431 bits per heavy atom. The Bertz CT molecular complexity index is 2880. The van der Waals surface area contributed by atoms with Gasteiger partial charge in [0.15, 0.2) is 0 Å². The second-order valence-electron chi connectivity index (χ2n) is 18.8. The molecule has 2 aliphatic carbocycles. The predicted octanol–water partition coefficient (Wildman–Crippen LogP) is 14.6. The number of benzene rings is 5. The summed E-state index contributed by atoms with van der Waals surface area (Å²) in [6.45, 7) is 14.8. The zero-order valence-electron chi connectivity index (χ0n) is 34.4. The number of nitrogens with zero attached hydrogens (tertiary/aromatic N) is 3. The molecule has 0 fully saturated rings. The highest BCUT2D eigenvalue weighted by molar-refractivity contribution is 6.01. The van der Waals surface area contributed by atoms with Crippen molar-refractivity contribution >= 4 is 52.0 Å². The molecule has 0 radical (unpaired) electrons. The van der Waals surface area contributed by atoms with Crippen molar-refractivity contribution in [1.29, 1.82) is 0 Å². The van der Waals surface area contributed by atoms with Gasteiger partial charge in [-0.05, 0) is 124 Å². The number of allylic oxidation sites excluding steroid dienone is 9. The van der Waals surface area contributed by atoms with Crippen LogP contribution < -0.4 is 14.7 Å². The van der Waals surface area contributed by atoms with Gasteiger partial charge in [-0.25, -0.2) is 0 Å². The van der Waals surface area contributed by atoms with Crippen LogP contribution in [0.2, 0.25) is 0 Å². The van der Waals surface area contributed by atoms with Gasteiger partial charge in [0.1, 0.15) is 0 Å². The average Bonchev–Trinajstić information content (AvgIpc) is 3.51. The molecule has 3 heteroatoms. The van der Waals surface area contributed by atoms with Crippen LogP contribution in [0, 0.1) is 0 Å². The van der Waals surface area contributed by atoms with E-state index < -0.39 is 0 Å². The van der Waals surface area contributed by atoms with Gasteiger partial charge < -0.3 is 14.7 Å². The van der Waals surface area contributed by atoms with Crippen molar-refractivity contribution < 1.29 is 0 Å². The van der Waals surface area contributed by atoms with E-state index in [0.29, 0.717) is 0 Å². The van der Waals surface area contributed by atoms with E-state index in [4.69, 9.17) is 0 Å². The van der Waals surface area contributed by atoms with Gasteiger partial charge in [0.05, 0.1) is 28.4 Å². The first-order chi connectivity index (χ1) is 28.0. The summed E-state index contributed by atoms with van der Waals surface area (Å²) in [6.07, 6.45) is 22.9. The molecular formula is C55H49N3. The maximum Gasteiger partial charge on any atom is 0.0545 e. The topological polar surface area (TPSA) is 9.72 Å². The zero-order chi connectivity index (χ0) is 39.3. The van der Waals surface area contributed by atoms with E-state index >= 15 is 0 Å². The van der Waals surface area contributed by atoms with Crippen molar-refractivity contribution in [3.05, 3.63) is 194 Å². The van der Waals surface area contributed by atoms with E-state index in [2.05, 4.69) is 196 Å². The fraction of sp³-hybridized carbons (Fsp3) is 0.236. The molecule has 5 aromatic rings. The van der Waals surface area contributed by atoms with Crippen LogP contribution in [0.3, 0.4) is 0 Å². The summed E-state index contributed by atoms with van der Waals surface area (Å²) in [5.74, 6) is 0. The van der Waals surface area contributed by atoms with Crippen LogP contribution in [0.15, 0.2) is 150 Å². The van der Waals surface area contributed by atoms with Gasteiger partial charge in [-0.3, -0.25) is 0 Å². The third kappa shape index (κ3) is 4.34. The van der Waals surface area contributed by atoms with Crippen LogP contribution in [0.4, 0.5) is 39.8 Å². The lowest BCUT2D eigenvalue weighted by Gasteiger charge is -2.55. The summed E-state index contributed by atoms with van der Waals surface area (Å²) in [6, 6.07) is 35.2. The van der Waals surface area contributed by atoms with Gasteiger partial charge in [-0.2, -0.15) is 0 Å². The van der Waals surface area contributed by atoms with Gasteiger partial charge in [0.25, 0.3) is 0 Å². The Morgan fingerprint density at radius 3 is 1.57 bits per heavy atom. The molecule has 0 saturated heterocycles. The Kier molecular flexibility index (Phi) is 6.77. The molecule has 5 aliphatic heterocycles. The van der Waals surface area contributed by atoms with Crippen LogP contribution in [-0.2, 0) is 16.2 Å². The number of hydrogen-bond acceptors (Lipinski definition) is 3. The molecule has 5 aromatic carbocycles. The molecular weight excluding hydrogens is 703 g/mol. The van der Waals surface area contributed by atoms with Crippen LogP contribution >= 0.6 is 0 Å². The largest absolute Gasteiger partial charge is 0.313 e. The minimum absolute atomic E-state index is 0.227. The van der Waals surface area contributed by atoms with Crippen molar-refractivity contribution in [2.45, 2.75) is 83.5 Å². The molecule has 0 amide bonds. The van der Waals surface area contributed by atoms with Crippen LogP contribution in [-0.4, -0.2) is 0 Å². The summed E-state index contributed by atoms with van der Waals surface area (Å²) in [5, 5.41) is 0. The minimum atomic E-state index is -0.316. The first kappa shape index (κ1) is 34.0. The highest BCUT2D eigenvalue weighted by Gasteiger charge is 2.52. The molecule has 0 atom stereocenters. The van der Waals surface area contributed by atoms with E-state index in [9.17, 15) is 0 Å². The van der Waals surface area contributed by atoms with Crippen molar-refractivity contribution in [2.75, 3.05) is 14.7 Å². The summed E-state index contributed by atoms with van der Waals surface area (Å²) >= 11 is 0. The van der Waals surface area contributed by atoms with E-state index in [-0.39, 0.29) is 16.2 Å². The third-order valence-electron chi connectivity index (χ3n) is 14.6. The molecule has 0 N–H and O–H groups in total. The SMILES string of the molecule is CC1(C)c2cccc3c2N2c4c1cc(N1C5=C(C=Cc6ccccc61)CCC=C5)cc4C(C)(C)c1cc(N4C5=C(C=CCC5)C=Cc5ccccc54)cc(c12)C3(C)C. The molecule has 0 bridgehead atoms. The highest BCUT2D eigenvalue weighted by atomic mass is 15.2. The number of para-hydroxylation sites is 3. The molecule has 5 heterocycles. The molecule has 0 unspecified atom stereocenters. The maximum absolute atomic E-state index is 2.71. The molecule has 0 aromatic heterocycles. The normalized spacial score (nSPS) is 20.2. The third-order valence-corrected chi connectivity index (χ3v) is 14.6. The lowest BCUT2D eigenvalue weighted by Crippen LogP contribution is -2.44. The van der Waals surface area contributed by atoms with Crippen molar-refractivity contribution in [3.8, 4) is 0 Å². The van der Waals surface area contributed by atoms with Gasteiger partial charge in [-0.1, -0.05) is 139 Å². The van der Waals surface area contributed by atoms with Crippen LogP contribution in [0.5, 0.6) is 0 Å². The maximum atomic E-state index is 2.71. The second kappa shape index (κ2) is 11.5. The fourth-order valence-electron chi connectivity index (χ4n) is 11.4. The van der Waals surface area contributed by atoms with Gasteiger partial charge in [-0.15, -0.1) is 0 Å². The molecule has 284 valence electrons. The minimum Gasteiger partial charge on any atom is -0.313 e. The number of fused-ring (bicyclic) bond motifs is 2. The molecule has 3 nitrogen and oxygen atoms in total. The zero-order valence-corrected chi connectivity index (χ0v) is 34.4. The second-order valence-corrected chi connectivity index (χ2v) is 18.8. The average molecular weight is 752 g/mol. The van der Waals surface area contributed by atoms with E-state index in [0.717, 1.165) is 25.7 Å². The lowest BCUT2D eigenvalue weighted by molar-refractivity contribution is 0.566. The Hall–Kier alpha value is -6.06. The standard InChI is InChI=1S/C55H49N3/c1-53(2)40-20-15-21-41-50(40)58-51-42(53)30-38(56-46-22-11-7-16-34(46)26-27-35-17-8-12-23-47(35)56)32-44(51)55(5,6)45-33-39(31-43(52(45)58)54(41,3)4)57-48-24-13-9-18-36(48)28-29-37-19-10-14-25-49(37)57/h7-9,11,13-18,20-22,24-33H,10,12,19,23H2,1-6H3. The quantitative estimate of drug-likeness (QED) is 0.178. The van der Waals surface area contributed by atoms with Gasteiger partial charge >= 0.3 is 0 Å². The molecule has 7 aliphatic rings. The molecule has 0 spiro atoms. The summed E-state index contributed by atoms with van der Waals surface area (Å²) < 4.78 is 0. The Balaban J connectivity index is 1.17. The van der Waals surface area contributed by atoms with Crippen molar-refractivity contribution in [3.63, 3.8) is 0 Å². The lowest BCUT2D eigenvalue weighted by atomic mass is 9.60. The summed E-state index contributed by atoms with van der Waals surface area (Å²) in [4.78, 5) is 7.88. The number of rotatable bonds is 2. The van der Waals surface area contributed by atoms with Crippen LogP contribution in [0.25, 0.3) is 12.2 Å². The van der Waals surface area contributed by atoms with Gasteiger partial charge in [0, 0.05) is 39.0 Å². The van der Waals surface area contributed by atoms with E-state index in [1.165, 1.54) is 107 Å².